The number of rotatable bonds is 4. The van der Waals surface area contributed by atoms with Gasteiger partial charge in [0, 0.05) is 12.2 Å². The monoisotopic (exact) mass is 279 g/mol. The Balaban J connectivity index is 2.07. The van der Waals surface area contributed by atoms with E-state index in [1.54, 1.807) is 0 Å². The standard InChI is InChI=1S/C18H21N3/c1-13(2)12-21-17-11-7-6-10-16(17)20-18(21)19-15-9-5-4-8-14(15)3/h4-11,13H,12H2,1-3H3,(H,19,20). The molecule has 0 atom stereocenters. The van der Waals surface area contributed by atoms with Crippen molar-refractivity contribution in [3.8, 4) is 0 Å². The summed E-state index contributed by atoms with van der Waals surface area (Å²) in [4.78, 5) is 4.75. The van der Waals surface area contributed by atoms with Crippen LogP contribution in [0.15, 0.2) is 48.5 Å². The lowest BCUT2D eigenvalue weighted by atomic mass is 10.2. The maximum atomic E-state index is 4.75. The molecule has 0 radical (unpaired) electrons. The predicted molar refractivity (Wildman–Crippen MR) is 89.0 cm³/mol. The zero-order valence-electron chi connectivity index (χ0n) is 12.8. The number of hydrogen-bond acceptors (Lipinski definition) is 2. The van der Waals surface area contributed by atoms with Crippen LogP contribution in [0.1, 0.15) is 19.4 Å². The lowest BCUT2D eigenvalue weighted by Gasteiger charge is -2.14. The van der Waals surface area contributed by atoms with Crippen LogP contribution < -0.4 is 5.32 Å². The first-order valence-corrected chi connectivity index (χ1v) is 7.43. The lowest BCUT2D eigenvalue weighted by Crippen LogP contribution is -2.08. The Labute approximate surface area is 125 Å². The first-order chi connectivity index (χ1) is 10.1. The van der Waals surface area contributed by atoms with Gasteiger partial charge < -0.3 is 9.88 Å². The Bertz CT molecular complexity index is 756. The van der Waals surface area contributed by atoms with Gasteiger partial charge in [-0.05, 0) is 36.6 Å². The molecule has 0 saturated carbocycles. The Morgan fingerprint density at radius 1 is 1.05 bits per heavy atom. The maximum absolute atomic E-state index is 4.75. The third kappa shape index (κ3) is 2.77. The molecule has 21 heavy (non-hydrogen) atoms. The molecule has 0 amide bonds. The van der Waals surface area contributed by atoms with Crippen molar-refractivity contribution in [1.29, 1.82) is 0 Å². The largest absolute Gasteiger partial charge is 0.325 e. The summed E-state index contributed by atoms with van der Waals surface area (Å²) < 4.78 is 2.27. The number of imidazole rings is 1. The molecule has 0 fully saturated rings. The predicted octanol–water partition coefficient (Wildman–Crippen LogP) is 4.74. The zero-order valence-corrected chi connectivity index (χ0v) is 12.8. The molecule has 108 valence electrons. The number of fused-ring (bicyclic) bond motifs is 1. The quantitative estimate of drug-likeness (QED) is 0.747. The van der Waals surface area contributed by atoms with Gasteiger partial charge in [0.1, 0.15) is 0 Å². The van der Waals surface area contributed by atoms with Crippen LogP contribution in [0.3, 0.4) is 0 Å². The maximum Gasteiger partial charge on any atom is 0.208 e. The zero-order chi connectivity index (χ0) is 14.8. The van der Waals surface area contributed by atoms with E-state index in [1.165, 1.54) is 11.1 Å². The third-order valence-electron chi connectivity index (χ3n) is 3.59. The van der Waals surface area contributed by atoms with Gasteiger partial charge in [-0.25, -0.2) is 4.98 Å². The van der Waals surface area contributed by atoms with Gasteiger partial charge in [0.15, 0.2) is 0 Å². The van der Waals surface area contributed by atoms with Crippen LogP contribution in [0.4, 0.5) is 11.6 Å². The summed E-state index contributed by atoms with van der Waals surface area (Å²) in [7, 11) is 0. The first kappa shape index (κ1) is 13.7. The van der Waals surface area contributed by atoms with Crippen molar-refractivity contribution in [2.75, 3.05) is 5.32 Å². The fraction of sp³-hybridized carbons (Fsp3) is 0.278. The van der Waals surface area contributed by atoms with E-state index in [1.807, 2.05) is 12.1 Å². The minimum atomic E-state index is 0.569. The summed E-state index contributed by atoms with van der Waals surface area (Å²) in [6.07, 6.45) is 0. The van der Waals surface area contributed by atoms with E-state index in [9.17, 15) is 0 Å². The first-order valence-electron chi connectivity index (χ1n) is 7.43. The number of aryl methyl sites for hydroxylation is 1. The van der Waals surface area contributed by atoms with Gasteiger partial charge in [0.25, 0.3) is 0 Å². The summed E-state index contributed by atoms with van der Waals surface area (Å²) in [5.41, 5.74) is 4.55. The summed E-state index contributed by atoms with van der Waals surface area (Å²) in [6.45, 7) is 7.52. The number of aromatic nitrogens is 2. The van der Waals surface area contributed by atoms with E-state index in [-0.39, 0.29) is 0 Å². The van der Waals surface area contributed by atoms with E-state index < -0.39 is 0 Å². The van der Waals surface area contributed by atoms with Gasteiger partial charge in [-0.3, -0.25) is 0 Å². The Morgan fingerprint density at radius 2 is 1.76 bits per heavy atom. The highest BCUT2D eigenvalue weighted by Crippen LogP contribution is 2.25. The van der Waals surface area contributed by atoms with E-state index >= 15 is 0 Å². The number of nitrogens with one attached hydrogen (secondary N) is 1. The van der Waals surface area contributed by atoms with Crippen LogP contribution in [0.5, 0.6) is 0 Å². The van der Waals surface area contributed by atoms with Gasteiger partial charge in [-0.1, -0.05) is 44.2 Å². The van der Waals surface area contributed by atoms with Gasteiger partial charge in [-0.2, -0.15) is 0 Å². The van der Waals surface area contributed by atoms with Crippen molar-refractivity contribution in [1.82, 2.24) is 9.55 Å². The van der Waals surface area contributed by atoms with E-state index in [0.29, 0.717) is 5.92 Å². The Morgan fingerprint density at radius 3 is 2.52 bits per heavy atom. The minimum Gasteiger partial charge on any atom is -0.325 e. The SMILES string of the molecule is Cc1ccccc1Nc1nc2ccccc2n1CC(C)C. The molecule has 3 aromatic rings. The summed E-state index contributed by atoms with van der Waals surface area (Å²) >= 11 is 0. The van der Waals surface area contributed by atoms with E-state index in [4.69, 9.17) is 4.98 Å². The Hall–Kier alpha value is -2.29. The van der Waals surface area contributed by atoms with Crippen molar-refractivity contribution >= 4 is 22.7 Å². The molecule has 0 aliphatic rings. The van der Waals surface area contributed by atoms with Gasteiger partial charge in [0.2, 0.25) is 5.95 Å². The second kappa shape index (κ2) is 5.60. The third-order valence-corrected chi connectivity index (χ3v) is 3.59. The average molecular weight is 279 g/mol. The molecule has 2 aromatic carbocycles. The number of para-hydroxylation sites is 3. The van der Waals surface area contributed by atoms with Gasteiger partial charge in [0.05, 0.1) is 11.0 Å². The second-order valence-corrected chi connectivity index (χ2v) is 5.87. The van der Waals surface area contributed by atoms with Gasteiger partial charge in [-0.15, -0.1) is 0 Å². The average Bonchev–Trinajstić information content (AvgIpc) is 2.79. The van der Waals surface area contributed by atoms with Gasteiger partial charge >= 0.3 is 0 Å². The minimum absolute atomic E-state index is 0.569. The molecular weight excluding hydrogens is 258 g/mol. The van der Waals surface area contributed by atoms with E-state index in [2.05, 4.69) is 67.1 Å². The molecule has 0 saturated heterocycles. The second-order valence-electron chi connectivity index (χ2n) is 5.87. The molecule has 3 nitrogen and oxygen atoms in total. The number of anilines is 2. The molecule has 0 unspecified atom stereocenters. The molecule has 0 aliphatic heterocycles. The summed E-state index contributed by atoms with van der Waals surface area (Å²) in [6, 6.07) is 16.6. The number of benzene rings is 2. The molecule has 0 spiro atoms. The molecule has 0 aliphatic carbocycles. The highest BCUT2D eigenvalue weighted by molar-refractivity contribution is 5.79. The Kier molecular flexibility index (Phi) is 3.65. The van der Waals surface area contributed by atoms with E-state index in [0.717, 1.165) is 23.7 Å². The topological polar surface area (TPSA) is 29.9 Å². The summed E-state index contributed by atoms with van der Waals surface area (Å²) in [5.74, 6) is 1.49. The van der Waals surface area contributed by atoms with Crippen molar-refractivity contribution in [2.45, 2.75) is 27.3 Å². The van der Waals surface area contributed by atoms with Crippen molar-refractivity contribution in [2.24, 2.45) is 5.92 Å². The van der Waals surface area contributed by atoms with Crippen molar-refractivity contribution in [3.63, 3.8) is 0 Å². The van der Waals surface area contributed by atoms with Crippen molar-refractivity contribution < 1.29 is 0 Å². The van der Waals surface area contributed by atoms with Crippen LogP contribution in [0.25, 0.3) is 11.0 Å². The van der Waals surface area contributed by atoms with Crippen LogP contribution in [0, 0.1) is 12.8 Å². The highest BCUT2D eigenvalue weighted by Gasteiger charge is 2.12. The highest BCUT2D eigenvalue weighted by atomic mass is 15.2. The molecule has 1 aromatic heterocycles. The van der Waals surface area contributed by atoms with Crippen LogP contribution >= 0.6 is 0 Å². The smallest absolute Gasteiger partial charge is 0.208 e. The van der Waals surface area contributed by atoms with Crippen molar-refractivity contribution in [3.05, 3.63) is 54.1 Å². The fourth-order valence-electron chi connectivity index (χ4n) is 2.55. The normalized spacial score (nSPS) is 11.2. The number of nitrogens with zero attached hydrogens (tertiary/aromatic N) is 2. The number of hydrogen-bond donors (Lipinski definition) is 1. The fourth-order valence-corrected chi connectivity index (χ4v) is 2.55. The molecule has 0 bridgehead atoms. The summed E-state index contributed by atoms with van der Waals surface area (Å²) in [5, 5.41) is 3.49. The molecular formula is C18H21N3. The van der Waals surface area contributed by atoms with Crippen LogP contribution in [-0.2, 0) is 6.54 Å². The van der Waals surface area contributed by atoms with Crippen LogP contribution in [0.2, 0.25) is 0 Å². The van der Waals surface area contributed by atoms with Crippen LogP contribution in [-0.4, -0.2) is 9.55 Å². The molecule has 1 heterocycles. The molecule has 3 heteroatoms. The molecule has 1 N–H and O–H groups in total. The lowest BCUT2D eigenvalue weighted by molar-refractivity contribution is 0.537. The molecule has 3 rings (SSSR count).